The molecule has 0 saturated carbocycles. The van der Waals surface area contributed by atoms with Gasteiger partial charge < -0.3 is 29.5 Å². The summed E-state index contributed by atoms with van der Waals surface area (Å²) in [5.41, 5.74) is 1.60. The minimum Gasteiger partial charge on any atom is -0.477 e. The Labute approximate surface area is 207 Å². The molecule has 12 heteroatoms. The van der Waals surface area contributed by atoms with E-state index < -0.39 is 5.97 Å². The lowest BCUT2D eigenvalue weighted by Gasteiger charge is -2.38. The van der Waals surface area contributed by atoms with Gasteiger partial charge >= 0.3 is 5.97 Å². The van der Waals surface area contributed by atoms with E-state index in [2.05, 4.69) is 43.4 Å². The Morgan fingerprint density at radius 1 is 1.17 bits per heavy atom. The van der Waals surface area contributed by atoms with Gasteiger partial charge in [0.05, 0.1) is 18.0 Å². The van der Waals surface area contributed by atoms with Crippen LogP contribution in [0, 0.1) is 13.8 Å². The van der Waals surface area contributed by atoms with Crippen LogP contribution in [0.2, 0.25) is 0 Å². The summed E-state index contributed by atoms with van der Waals surface area (Å²) in [6.45, 7) is 9.75. The second kappa shape index (κ2) is 9.80. The lowest BCUT2D eigenvalue weighted by atomic mass is 10.0. The number of aryl methyl sites for hydroxylation is 2. The fraction of sp³-hybridized carbons (Fsp3) is 0.478. The Bertz CT molecular complexity index is 1200. The Morgan fingerprint density at radius 3 is 2.63 bits per heavy atom. The number of carboxylic acids is 1. The molecule has 11 nitrogen and oxygen atoms in total. The predicted octanol–water partition coefficient (Wildman–Crippen LogP) is 2.49. The summed E-state index contributed by atoms with van der Waals surface area (Å²) < 4.78 is 5.60. The standard InChI is InChI=1S/C23H30N8O3S/c1-14-20(21(32)33)35-23(25-14)28-22-26-18(30-9-7-29(3)8-10-30)12-19(27-22)31-6-5-24-13-17(31)16-4-11-34-15(16)2/h4,11-12,17,24H,5-10,13H2,1-3H3,(H,32,33)(H,25,26,27,28). The van der Waals surface area contributed by atoms with Crippen LogP contribution in [0.3, 0.4) is 0 Å². The molecule has 0 radical (unpaired) electrons. The van der Waals surface area contributed by atoms with Gasteiger partial charge in [0.1, 0.15) is 22.3 Å². The van der Waals surface area contributed by atoms with E-state index in [1.807, 2.05) is 13.0 Å². The maximum absolute atomic E-state index is 11.5. The average molecular weight is 499 g/mol. The number of aromatic carboxylic acids is 1. The van der Waals surface area contributed by atoms with Crippen LogP contribution < -0.4 is 20.4 Å². The van der Waals surface area contributed by atoms with Crippen LogP contribution in [0.5, 0.6) is 0 Å². The first-order valence-electron chi connectivity index (χ1n) is 11.7. The van der Waals surface area contributed by atoms with Crippen LogP contribution in [0.4, 0.5) is 22.7 Å². The van der Waals surface area contributed by atoms with Gasteiger partial charge in [-0.25, -0.2) is 9.78 Å². The number of nitrogens with zero attached hydrogens (tertiary/aromatic N) is 6. The topological polar surface area (TPSA) is 123 Å². The van der Waals surface area contributed by atoms with Crippen molar-refractivity contribution in [1.29, 1.82) is 0 Å². The Kier molecular flexibility index (Phi) is 6.58. The van der Waals surface area contributed by atoms with Crippen molar-refractivity contribution in [2.45, 2.75) is 19.9 Å². The molecule has 186 valence electrons. The minimum absolute atomic E-state index is 0.0753. The molecule has 0 aromatic carbocycles. The molecular formula is C23H30N8O3S. The zero-order valence-corrected chi connectivity index (χ0v) is 20.9. The molecule has 0 bridgehead atoms. The summed E-state index contributed by atoms with van der Waals surface area (Å²) >= 11 is 1.09. The molecule has 0 spiro atoms. The van der Waals surface area contributed by atoms with E-state index in [1.165, 1.54) is 0 Å². The van der Waals surface area contributed by atoms with Gasteiger partial charge in [0.25, 0.3) is 0 Å². The Morgan fingerprint density at radius 2 is 1.94 bits per heavy atom. The number of thiazole rings is 1. The van der Waals surface area contributed by atoms with Crippen LogP contribution >= 0.6 is 11.3 Å². The quantitative estimate of drug-likeness (QED) is 0.464. The third kappa shape index (κ3) is 4.95. The van der Waals surface area contributed by atoms with Gasteiger partial charge in [-0.2, -0.15) is 9.97 Å². The van der Waals surface area contributed by atoms with E-state index in [1.54, 1.807) is 13.2 Å². The van der Waals surface area contributed by atoms with Gasteiger partial charge in [0.2, 0.25) is 5.95 Å². The number of furan rings is 1. The van der Waals surface area contributed by atoms with Crippen LogP contribution in [-0.4, -0.2) is 83.8 Å². The highest BCUT2D eigenvalue weighted by molar-refractivity contribution is 7.17. The molecule has 0 amide bonds. The van der Waals surface area contributed by atoms with E-state index in [-0.39, 0.29) is 10.9 Å². The number of aromatic nitrogens is 3. The third-order valence-electron chi connectivity index (χ3n) is 6.53. The van der Waals surface area contributed by atoms with Gasteiger partial charge in [-0.15, -0.1) is 0 Å². The summed E-state index contributed by atoms with van der Waals surface area (Å²) in [5.74, 6) is 1.98. The lowest BCUT2D eigenvalue weighted by molar-refractivity contribution is 0.0701. The second-order valence-corrected chi connectivity index (χ2v) is 9.91. The zero-order chi connectivity index (χ0) is 24.5. The van der Waals surface area contributed by atoms with E-state index in [4.69, 9.17) is 14.4 Å². The van der Waals surface area contributed by atoms with E-state index >= 15 is 0 Å². The number of anilines is 4. The van der Waals surface area contributed by atoms with Crippen LogP contribution in [0.1, 0.15) is 32.7 Å². The van der Waals surface area contributed by atoms with E-state index in [0.29, 0.717) is 16.8 Å². The van der Waals surface area contributed by atoms with Gasteiger partial charge in [-0.05, 0) is 27.0 Å². The number of nitrogens with one attached hydrogen (secondary N) is 2. The molecule has 2 fully saturated rings. The van der Waals surface area contributed by atoms with Gasteiger partial charge in [0, 0.05) is 57.4 Å². The number of hydrogen-bond acceptors (Lipinski definition) is 11. The predicted molar refractivity (Wildman–Crippen MR) is 135 cm³/mol. The fourth-order valence-electron chi connectivity index (χ4n) is 4.56. The molecule has 35 heavy (non-hydrogen) atoms. The molecule has 1 unspecified atom stereocenters. The van der Waals surface area contributed by atoms with Crippen molar-refractivity contribution in [2.24, 2.45) is 0 Å². The van der Waals surface area contributed by atoms with Crippen molar-refractivity contribution in [3.05, 3.63) is 40.3 Å². The molecule has 3 aromatic rings. The molecule has 2 aliphatic heterocycles. The molecule has 5 rings (SSSR count). The zero-order valence-electron chi connectivity index (χ0n) is 20.1. The highest BCUT2D eigenvalue weighted by atomic mass is 32.1. The number of piperazine rings is 2. The highest BCUT2D eigenvalue weighted by Gasteiger charge is 2.29. The number of likely N-dealkylation sites (N-methyl/N-ethyl adjacent to an activating group) is 1. The minimum atomic E-state index is -0.986. The maximum Gasteiger partial charge on any atom is 0.347 e. The average Bonchev–Trinajstić information content (AvgIpc) is 3.44. The number of carbonyl (C=O) groups is 1. The van der Waals surface area contributed by atoms with Gasteiger partial charge in [0.15, 0.2) is 5.13 Å². The lowest BCUT2D eigenvalue weighted by Crippen LogP contribution is -2.47. The molecule has 2 saturated heterocycles. The molecule has 2 aliphatic rings. The van der Waals surface area contributed by atoms with Crippen LogP contribution in [0.25, 0.3) is 0 Å². The van der Waals surface area contributed by atoms with Gasteiger partial charge in [-0.3, -0.25) is 5.32 Å². The first-order valence-corrected chi connectivity index (χ1v) is 12.5. The number of hydrogen-bond donors (Lipinski definition) is 3. The molecule has 3 aromatic heterocycles. The fourth-order valence-corrected chi connectivity index (χ4v) is 5.36. The van der Waals surface area contributed by atoms with Crippen molar-refractivity contribution >= 4 is 40.0 Å². The smallest absolute Gasteiger partial charge is 0.347 e. The summed E-state index contributed by atoms with van der Waals surface area (Å²) in [4.78, 5) is 32.6. The van der Waals surface area contributed by atoms with Crippen molar-refractivity contribution in [1.82, 2.24) is 25.2 Å². The van der Waals surface area contributed by atoms with Crippen LogP contribution in [0.15, 0.2) is 22.8 Å². The van der Waals surface area contributed by atoms with Crippen molar-refractivity contribution in [2.75, 3.05) is 68.0 Å². The summed E-state index contributed by atoms with van der Waals surface area (Å²) in [6, 6.07) is 4.15. The maximum atomic E-state index is 11.5. The van der Waals surface area contributed by atoms with Gasteiger partial charge in [-0.1, -0.05) is 11.3 Å². The Hall–Kier alpha value is -3.22. The molecule has 5 heterocycles. The first-order chi connectivity index (χ1) is 16.9. The van der Waals surface area contributed by atoms with Crippen LogP contribution in [-0.2, 0) is 0 Å². The second-order valence-electron chi connectivity index (χ2n) is 8.91. The largest absolute Gasteiger partial charge is 0.477 e. The Balaban J connectivity index is 1.52. The summed E-state index contributed by atoms with van der Waals surface area (Å²) in [7, 11) is 2.12. The normalized spacial score (nSPS) is 19.2. The summed E-state index contributed by atoms with van der Waals surface area (Å²) in [6.07, 6.45) is 1.73. The van der Waals surface area contributed by atoms with Crippen molar-refractivity contribution in [3.8, 4) is 0 Å². The number of rotatable bonds is 6. The number of carboxylic acid groups (broad SMARTS) is 1. The van der Waals surface area contributed by atoms with E-state index in [0.717, 1.165) is 80.1 Å². The molecular weight excluding hydrogens is 468 g/mol. The summed E-state index contributed by atoms with van der Waals surface area (Å²) in [5, 5.41) is 16.5. The van der Waals surface area contributed by atoms with Crippen molar-refractivity contribution < 1.29 is 14.3 Å². The molecule has 0 aliphatic carbocycles. The third-order valence-corrected chi connectivity index (χ3v) is 7.59. The first kappa shape index (κ1) is 23.5. The monoisotopic (exact) mass is 498 g/mol. The SMILES string of the molecule is Cc1nc(Nc2nc(N3CCN(C)CC3)cc(N3CCNCC3c3ccoc3C)n2)sc1C(=O)O. The highest BCUT2D eigenvalue weighted by Crippen LogP contribution is 2.33. The molecule has 3 N–H and O–H groups in total. The van der Waals surface area contributed by atoms with E-state index in [9.17, 15) is 9.90 Å². The molecule has 1 atom stereocenters. The van der Waals surface area contributed by atoms with Crippen molar-refractivity contribution in [3.63, 3.8) is 0 Å².